The van der Waals surface area contributed by atoms with Gasteiger partial charge in [-0.25, -0.2) is 0 Å². The maximum atomic E-state index is 5.48. The van der Waals surface area contributed by atoms with Crippen LogP contribution in [-0.2, 0) is 4.74 Å². The van der Waals surface area contributed by atoms with Gasteiger partial charge in [0.2, 0.25) is 0 Å². The van der Waals surface area contributed by atoms with Crippen molar-refractivity contribution in [3.8, 4) is 0 Å². The fraction of sp³-hybridized carbons (Fsp3) is 1.00. The molecule has 0 bridgehead atoms. The van der Waals surface area contributed by atoms with Crippen LogP contribution in [0.3, 0.4) is 0 Å². The average Bonchev–Trinajstić information content (AvgIpc) is 2.35. The van der Waals surface area contributed by atoms with Gasteiger partial charge in [0, 0.05) is 13.2 Å². The van der Waals surface area contributed by atoms with E-state index in [2.05, 4.69) is 19.2 Å². The van der Waals surface area contributed by atoms with Crippen molar-refractivity contribution in [3.05, 3.63) is 0 Å². The number of nitrogens with one attached hydrogen (secondary N) is 1. The Morgan fingerprint density at radius 2 is 1.29 bits per heavy atom. The highest BCUT2D eigenvalue weighted by atomic mass is 16.5. The van der Waals surface area contributed by atoms with E-state index in [1.807, 2.05) is 0 Å². The molecule has 0 atom stereocenters. The van der Waals surface area contributed by atoms with Gasteiger partial charge in [-0.1, -0.05) is 58.8 Å². The number of hydrogen-bond donors (Lipinski definition) is 1. The predicted molar refractivity (Wildman–Crippen MR) is 76.6 cm³/mol. The van der Waals surface area contributed by atoms with Crippen molar-refractivity contribution in [1.29, 1.82) is 0 Å². The van der Waals surface area contributed by atoms with Crippen LogP contribution in [0.5, 0.6) is 0 Å². The molecule has 0 aliphatic rings. The first-order chi connectivity index (χ1) is 8.41. The second-order valence-electron chi connectivity index (χ2n) is 4.84. The van der Waals surface area contributed by atoms with Gasteiger partial charge in [-0.3, -0.25) is 0 Å². The fourth-order valence-corrected chi connectivity index (χ4v) is 1.82. The van der Waals surface area contributed by atoms with Gasteiger partial charge < -0.3 is 10.1 Å². The van der Waals surface area contributed by atoms with Gasteiger partial charge >= 0.3 is 0 Å². The Hall–Kier alpha value is -0.0800. The van der Waals surface area contributed by atoms with Crippen molar-refractivity contribution >= 4 is 0 Å². The van der Waals surface area contributed by atoms with E-state index < -0.39 is 0 Å². The van der Waals surface area contributed by atoms with E-state index >= 15 is 0 Å². The Labute approximate surface area is 109 Å². The minimum Gasteiger partial charge on any atom is -0.380 e. The minimum atomic E-state index is 0.872. The summed E-state index contributed by atoms with van der Waals surface area (Å²) in [4.78, 5) is 0. The Kier molecular flexibility index (Phi) is 15.8. The number of hydrogen-bond acceptors (Lipinski definition) is 2. The summed E-state index contributed by atoms with van der Waals surface area (Å²) in [5.74, 6) is 0. The second-order valence-corrected chi connectivity index (χ2v) is 4.84. The highest BCUT2D eigenvalue weighted by molar-refractivity contribution is 4.49. The van der Waals surface area contributed by atoms with Crippen molar-refractivity contribution < 1.29 is 4.74 Å². The Morgan fingerprint density at radius 3 is 2.00 bits per heavy atom. The first-order valence-corrected chi connectivity index (χ1v) is 7.70. The fourth-order valence-electron chi connectivity index (χ4n) is 1.82. The summed E-state index contributed by atoms with van der Waals surface area (Å²) in [6, 6.07) is 0. The highest BCUT2D eigenvalue weighted by Gasteiger charge is 1.91. The van der Waals surface area contributed by atoms with Crippen molar-refractivity contribution in [3.63, 3.8) is 0 Å². The second kappa shape index (κ2) is 15.9. The number of ether oxygens (including phenoxy) is 1. The number of unbranched alkanes of at least 4 members (excludes halogenated alkanes) is 7. The molecule has 0 heterocycles. The van der Waals surface area contributed by atoms with Crippen molar-refractivity contribution in [2.24, 2.45) is 0 Å². The SMILES string of the molecule is CCCCCCCCCNCCOCCCC. The van der Waals surface area contributed by atoms with Gasteiger partial charge in [-0.05, 0) is 19.4 Å². The summed E-state index contributed by atoms with van der Waals surface area (Å²) in [6.45, 7) is 8.44. The molecule has 0 unspecified atom stereocenters. The lowest BCUT2D eigenvalue weighted by Crippen LogP contribution is -2.21. The highest BCUT2D eigenvalue weighted by Crippen LogP contribution is 2.06. The average molecular weight is 243 g/mol. The van der Waals surface area contributed by atoms with Gasteiger partial charge in [0.05, 0.1) is 6.61 Å². The van der Waals surface area contributed by atoms with Crippen LogP contribution in [0.25, 0.3) is 0 Å². The molecule has 0 amide bonds. The van der Waals surface area contributed by atoms with E-state index in [1.165, 1.54) is 57.8 Å². The molecule has 0 spiro atoms. The first-order valence-electron chi connectivity index (χ1n) is 7.70. The lowest BCUT2D eigenvalue weighted by atomic mass is 10.1. The monoisotopic (exact) mass is 243 g/mol. The quantitative estimate of drug-likeness (QED) is 0.463. The Morgan fingerprint density at radius 1 is 0.647 bits per heavy atom. The molecule has 2 nitrogen and oxygen atoms in total. The third-order valence-corrected chi connectivity index (χ3v) is 3.02. The largest absolute Gasteiger partial charge is 0.380 e. The smallest absolute Gasteiger partial charge is 0.0590 e. The predicted octanol–water partition coefficient (Wildman–Crippen LogP) is 4.14. The third kappa shape index (κ3) is 15.9. The summed E-state index contributed by atoms with van der Waals surface area (Å²) >= 11 is 0. The van der Waals surface area contributed by atoms with Gasteiger partial charge in [-0.2, -0.15) is 0 Å². The third-order valence-electron chi connectivity index (χ3n) is 3.02. The molecule has 1 N–H and O–H groups in total. The van der Waals surface area contributed by atoms with Gasteiger partial charge in [0.15, 0.2) is 0 Å². The maximum Gasteiger partial charge on any atom is 0.0590 e. The van der Waals surface area contributed by atoms with Crippen LogP contribution in [0.15, 0.2) is 0 Å². The van der Waals surface area contributed by atoms with E-state index in [4.69, 9.17) is 4.74 Å². The lowest BCUT2D eigenvalue weighted by molar-refractivity contribution is 0.133. The molecular weight excluding hydrogens is 210 g/mol. The number of rotatable bonds is 14. The van der Waals surface area contributed by atoms with Crippen LogP contribution in [0.4, 0.5) is 0 Å². The molecule has 0 saturated carbocycles. The van der Waals surface area contributed by atoms with Gasteiger partial charge in [-0.15, -0.1) is 0 Å². The van der Waals surface area contributed by atoms with Gasteiger partial charge in [0.1, 0.15) is 0 Å². The van der Waals surface area contributed by atoms with Crippen LogP contribution in [0.1, 0.15) is 71.6 Å². The summed E-state index contributed by atoms with van der Waals surface area (Å²) in [5.41, 5.74) is 0. The van der Waals surface area contributed by atoms with Crippen LogP contribution in [0.2, 0.25) is 0 Å². The van der Waals surface area contributed by atoms with Crippen molar-refractivity contribution in [2.75, 3.05) is 26.3 Å². The van der Waals surface area contributed by atoms with Gasteiger partial charge in [0.25, 0.3) is 0 Å². The summed E-state index contributed by atoms with van der Waals surface area (Å²) in [7, 11) is 0. The van der Waals surface area contributed by atoms with Crippen LogP contribution < -0.4 is 5.32 Å². The van der Waals surface area contributed by atoms with Crippen LogP contribution >= 0.6 is 0 Å². The first kappa shape index (κ1) is 16.9. The maximum absolute atomic E-state index is 5.48. The standard InChI is InChI=1S/C15H33NO/c1-3-5-7-8-9-10-11-12-16-13-15-17-14-6-4-2/h16H,3-15H2,1-2H3. The topological polar surface area (TPSA) is 21.3 Å². The summed E-state index contributed by atoms with van der Waals surface area (Å²) in [5, 5.41) is 3.44. The van der Waals surface area contributed by atoms with E-state index in [9.17, 15) is 0 Å². The molecular formula is C15H33NO. The molecule has 17 heavy (non-hydrogen) atoms. The molecule has 0 saturated heterocycles. The van der Waals surface area contributed by atoms with E-state index in [1.54, 1.807) is 0 Å². The molecule has 0 fully saturated rings. The molecule has 104 valence electrons. The molecule has 0 aromatic carbocycles. The van der Waals surface area contributed by atoms with Crippen molar-refractivity contribution in [2.45, 2.75) is 71.6 Å². The van der Waals surface area contributed by atoms with E-state index in [0.717, 1.165) is 26.3 Å². The van der Waals surface area contributed by atoms with Crippen LogP contribution in [-0.4, -0.2) is 26.3 Å². The zero-order valence-electron chi connectivity index (χ0n) is 12.1. The molecule has 0 radical (unpaired) electrons. The molecule has 0 aliphatic heterocycles. The van der Waals surface area contributed by atoms with E-state index in [-0.39, 0.29) is 0 Å². The zero-order valence-corrected chi connectivity index (χ0v) is 12.1. The molecule has 2 heteroatoms. The molecule has 0 aliphatic carbocycles. The Bertz CT molecular complexity index is 114. The lowest BCUT2D eigenvalue weighted by Gasteiger charge is -2.05. The van der Waals surface area contributed by atoms with Crippen molar-refractivity contribution in [1.82, 2.24) is 5.32 Å². The molecule has 0 aromatic rings. The molecule has 0 rings (SSSR count). The van der Waals surface area contributed by atoms with Crippen LogP contribution in [0, 0.1) is 0 Å². The normalized spacial score (nSPS) is 10.9. The summed E-state index contributed by atoms with van der Waals surface area (Å²) < 4.78 is 5.48. The molecule has 0 aromatic heterocycles. The Balaban J connectivity index is 2.85. The summed E-state index contributed by atoms with van der Waals surface area (Å²) in [6.07, 6.45) is 12.1. The zero-order chi connectivity index (χ0) is 12.6. The van der Waals surface area contributed by atoms with E-state index in [0.29, 0.717) is 0 Å². The minimum absolute atomic E-state index is 0.872.